The van der Waals surface area contributed by atoms with Gasteiger partial charge in [0.2, 0.25) is 0 Å². The summed E-state index contributed by atoms with van der Waals surface area (Å²) in [4.78, 5) is -0.178. The van der Waals surface area contributed by atoms with Crippen LogP contribution < -0.4 is 29.6 Å². The topological polar surface area (TPSA) is 57.2 Å². The van der Waals surface area contributed by atoms with Crippen molar-refractivity contribution in [1.82, 2.24) is 0 Å². The number of benzene rings is 2. The van der Waals surface area contributed by atoms with Crippen LogP contribution >= 0.6 is 0 Å². The normalized spacial score (nSPS) is 9.67. The van der Waals surface area contributed by atoms with Gasteiger partial charge in [-0.05, 0) is 19.1 Å². The minimum absolute atomic E-state index is 0. The van der Waals surface area contributed by atoms with Gasteiger partial charge in [-0.25, -0.2) is 8.42 Å². The molecule has 0 atom stereocenters. The molecule has 0 spiro atoms. The van der Waals surface area contributed by atoms with Crippen LogP contribution in [0.15, 0.2) is 65.6 Å². The SMILES string of the molecule is Cc1ccc(S(=O)(=O)[O-])cc1.[Na+].c1ccccc1. The molecule has 0 aliphatic rings. The zero-order valence-corrected chi connectivity index (χ0v) is 13.2. The Balaban J connectivity index is 0.000000352. The Hall–Kier alpha value is -0.650. The van der Waals surface area contributed by atoms with Crippen LogP contribution in [0.1, 0.15) is 5.56 Å². The second-order valence-electron chi connectivity index (χ2n) is 3.42. The van der Waals surface area contributed by atoms with Gasteiger partial charge in [0, 0.05) is 0 Å². The van der Waals surface area contributed by atoms with Crippen molar-refractivity contribution in [3.8, 4) is 0 Å². The third-order valence-corrected chi connectivity index (χ3v) is 2.83. The molecule has 0 N–H and O–H groups in total. The van der Waals surface area contributed by atoms with Crippen LogP contribution in [0.5, 0.6) is 0 Å². The summed E-state index contributed by atoms with van der Waals surface area (Å²) in [5, 5.41) is 0. The Morgan fingerprint density at radius 1 is 0.833 bits per heavy atom. The van der Waals surface area contributed by atoms with Crippen molar-refractivity contribution < 1.29 is 42.5 Å². The molecule has 0 aromatic heterocycles. The Kier molecular flexibility index (Phi) is 8.15. The molecule has 90 valence electrons. The second-order valence-corrected chi connectivity index (χ2v) is 4.80. The maximum atomic E-state index is 10.4. The van der Waals surface area contributed by atoms with E-state index in [4.69, 9.17) is 0 Å². The number of hydrogen-bond donors (Lipinski definition) is 0. The Morgan fingerprint density at radius 3 is 1.44 bits per heavy atom. The quantitative estimate of drug-likeness (QED) is 0.524. The van der Waals surface area contributed by atoms with E-state index in [0.717, 1.165) is 5.56 Å². The summed E-state index contributed by atoms with van der Waals surface area (Å²) in [5.74, 6) is 0. The van der Waals surface area contributed by atoms with E-state index in [0.29, 0.717) is 0 Å². The van der Waals surface area contributed by atoms with Gasteiger partial charge in [0.05, 0.1) is 4.90 Å². The largest absolute Gasteiger partial charge is 1.00 e. The van der Waals surface area contributed by atoms with Crippen molar-refractivity contribution in [2.75, 3.05) is 0 Å². The summed E-state index contributed by atoms with van der Waals surface area (Å²) in [5.41, 5.74) is 0.928. The van der Waals surface area contributed by atoms with Crippen LogP contribution in [0.25, 0.3) is 0 Å². The van der Waals surface area contributed by atoms with Crippen molar-refractivity contribution in [1.29, 1.82) is 0 Å². The molecule has 0 radical (unpaired) electrons. The van der Waals surface area contributed by atoms with Crippen molar-refractivity contribution >= 4 is 10.1 Å². The monoisotopic (exact) mass is 272 g/mol. The summed E-state index contributed by atoms with van der Waals surface area (Å²) < 4.78 is 31.2. The molecule has 0 aliphatic carbocycles. The first kappa shape index (κ1) is 17.4. The van der Waals surface area contributed by atoms with Gasteiger partial charge >= 0.3 is 29.6 Å². The smallest absolute Gasteiger partial charge is 0.744 e. The number of aryl methyl sites for hydroxylation is 1. The first-order chi connectivity index (χ1) is 8.00. The predicted octanol–water partition coefficient (Wildman–Crippen LogP) is -0.410. The molecule has 5 heteroatoms. The van der Waals surface area contributed by atoms with Gasteiger partial charge in [0.1, 0.15) is 10.1 Å². The molecule has 2 aromatic rings. The third kappa shape index (κ3) is 6.93. The molecular weight excluding hydrogens is 259 g/mol. The molecule has 2 aromatic carbocycles. The summed E-state index contributed by atoms with van der Waals surface area (Å²) in [6.07, 6.45) is 0. The van der Waals surface area contributed by atoms with E-state index in [1.807, 2.05) is 43.3 Å². The molecule has 0 amide bonds. The molecular formula is C13H13NaO3S. The Bertz CT molecular complexity index is 510. The van der Waals surface area contributed by atoms with E-state index in [-0.39, 0.29) is 34.5 Å². The Morgan fingerprint density at radius 2 is 1.17 bits per heavy atom. The maximum Gasteiger partial charge on any atom is 1.00 e. The molecule has 0 bridgehead atoms. The van der Waals surface area contributed by atoms with Crippen LogP contribution in [-0.2, 0) is 10.1 Å². The van der Waals surface area contributed by atoms with E-state index in [1.54, 1.807) is 12.1 Å². The van der Waals surface area contributed by atoms with Crippen molar-refractivity contribution in [3.63, 3.8) is 0 Å². The van der Waals surface area contributed by atoms with Crippen LogP contribution in [0.4, 0.5) is 0 Å². The molecule has 0 heterocycles. The van der Waals surface area contributed by atoms with Crippen molar-refractivity contribution in [3.05, 3.63) is 66.2 Å². The molecule has 3 nitrogen and oxygen atoms in total. The van der Waals surface area contributed by atoms with Gasteiger partial charge in [-0.2, -0.15) is 0 Å². The van der Waals surface area contributed by atoms with Crippen molar-refractivity contribution in [2.45, 2.75) is 11.8 Å². The van der Waals surface area contributed by atoms with E-state index < -0.39 is 10.1 Å². The van der Waals surface area contributed by atoms with Crippen LogP contribution in [0.3, 0.4) is 0 Å². The van der Waals surface area contributed by atoms with E-state index >= 15 is 0 Å². The first-order valence-electron chi connectivity index (χ1n) is 5.03. The molecule has 0 unspecified atom stereocenters. The Labute approximate surface area is 130 Å². The zero-order valence-electron chi connectivity index (χ0n) is 10.4. The average molecular weight is 272 g/mol. The number of rotatable bonds is 1. The van der Waals surface area contributed by atoms with Gasteiger partial charge in [-0.3, -0.25) is 0 Å². The summed E-state index contributed by atoms with van der Waals surface area (Å²) in [7, 11) is -4.27. The summed E-state index contributed by atoms with van der Waals surface area (Å²) in [6, 6.07) is 17.8. The van der Waals surface area contributed by atoms with E-state index in [9.17, 15) is 13.0 Å². The van der Waals surface area contributed by atoms with Gasteiger partial charge in [0.25, 0.3) is 0 Å². The fourth-order valence-electron chi connectivity index (χ4n) is 1.09. The molecule has 2 rings (SSSR count). The van der Waals surface area contributed by atoms with Crippen LogP contribution in [0, 0.1) is 6.92 Å². The standard InChI is InChI=1S/C7H8O3S.C6H6.Na/c1-6-2-4-7(5-3-6)11(8,9)10;1-2-4-6-5-3-1;/h2-5H,1H3,(H,8,9,10);1-6H;/q;;+1/p-1. The van der Waals surface area contributed by atoms with E-state index in [2.05, 4.69) is 0 Å². The fourth-order valence-corrected chi connectivity index (χ4v) is 1.56. The second kappa shape index (κ2) is 8.45. The van der Waals surface area contributed by atoms with Gasteiger partial charge in [-0.1, -0.05) is 54.1 Å². The van der Waals surface area contributed by atoms with Crippen molar-refractivity contribution in [2.24, 2.45) is 0 Å². The van der Waals surface area contributed by atoms with Crippen LogP contribution in [0.2, 0.25) is 0 Å². The summed E-state index contributed by atoms with van der Waals surface area (Å²) in [6.45, 7) is 1.82. The van der Waals surface area contributed by atoms with Gasteiger partial charge in [0.15, 0.2) is 0 Å². The minimum atomic E-state index is -4.27. The average Bonchev–Trinajstić information content (AvgIpc) is 2.31. The first-order valence-corrected chi connectivity index (χ1v) is 6.43. The number of hydrogen-bond acceptors (Lipinski definition) is 3. The molecule has 18 heavy (non-hydrogen) atoms. The van der Waals surface area contributed by atoms with Gasteiger partial charge in [-0.15, -0.1) is 0 Å². The molecule has 0 saturated heterocycles. The predicted molar refractivity (Wildman–Crippen MR) is 65.6 cm³/mol. The molecule has 0 saturated carbocycles. The third-order valence-electron chi connectivity index (χ3n) is 1.98. The van der Waals surface area contributed by atoms with E-state index in [1.165, 1.54) is 12.1 Å². The summed E-state index contributed by atoms with van der Waals surface area (Å²) >= 11 is 0. The van der Waals surface area contributed by atoms with Gasteiger partial charge < -0.3 is 4.55 Å². The zero-order chi connectivity index (χ0) is 12.7. The molecule has 0 aliphatic heterocycles. The van der Waals surface area contributed by atoms with Crippen LogP contribution in [-0.4, -0.2) is 13.0 Å². The maximum absolute atomic E-state index is 10.4. The minimum Gasteiger partial charge on any atom is -0.744 e. The fraction of sp³-hybridized carbons (Fsp3) is 0.0769. The molecule has 0 fully saturated rings.